The Kier molecular flexibility index (Phi) is 3.99. The lowest BCUT2D eigenvalue weighted by Crippen LogP contribution is -2.42. The molecule has 1 aromatic carbocycles. The summed E-state index contributed by atoms with van der Waals surface area (Å²) in [5.74, 6) is 0.0598. The van der Waals surface area contributed by atoms with Crippen LogP contribution in [-0.2, 0) is 4.74 Å². The predicted molar refractivity (Wildman–Crippen MR) is 69.9 cm³/mol. The summed E-state index contributed by atoms with van der Waals surface area (Å²) in [7, 11) is 0. The van der Waals surface area contributed by atoms with E-state index in [2.05, 4.69) is 5.32 Å². The largest absolute Gasteiger partial charge is 0.388 e. The van der Waals surface area contributed by atoms with Gasteiger partial charge in [0, 0.05) is 43.9 Å². The van der Waals surface area contributed by atoms with E-state index >= 15 is 0 Å². The van der Waals surface area contributed by atoms with Crippen LogP contribution in [0.2, 0.25) is 0 Å². The van der Waals surface area contributed by atoms with Crippen LogP contribution in [0.4, 0.5) is 5.69 Å². The zero-order chi connectivity index (χ0) is 13.0. The second-order valence-electron chi connectivity index (χ2n) is 4.82. The van der Waals surface area contributed by atoms with Crippen LogP contribution in [0.5, 0.6) is 0 Å². The summed E-state index contributed by atoms with van der Waals surface area (Å²) in [4.78, 5) is 11.1. The fourth-order valence-electron chi connectivity index (χ4n) is 2.02. The molecule has 2 N–H and O–H groups in total. The first-order valence-corrected chi connectivity index (χ1v) is 6.24. The van der Waals surface area contributed by atoms with Gasteiger partial charge in [-0.15, -0.1) is 0 Å². The van der Waals surface area contributed by atoms with Crippen LogP contribution in [-0.4, -0.2) is 36.2 Å². The molecule has 1 aliphatic rings. The van der Waals surface area contributed by atoms with Gasteiger partial charge in [-0.2, -0.15) is 0 Å². The molecule has 0 spiro atoms. The quantitative estimate of drug-likeness (QED) is 0.799. The fourth-order valence-corrected chi connectivity index (χ4v) is 2.02. The average molecular weight is 249 g/mol. The van der Waals surface area contributed by atoms with Crippen LogP contribution in [0.3, 0.4) is 0 Å². The molecular weight excluding hydrogens is 230 g/mol. The third-order valence-corrected chi connectivity index (χ3v) is 3.34. The lowest BCUT2D eigenvalue weighted by molar-refractivity contribution is -0.0543. The molecule has 18 heavy (non-hydrogen) atoms. The Morgan fingerprint density at radius 3 is 2.50 bits per heavy atom. The van der Waals surface area contributed by atoms with Crippen LogP contribution < -0.4 is 5.32 Å². The summed E-state index contributed by atoms with van der Waals surface area (Å²) < 4.78 is 5.23. The van der Waals surface area contributed by atoms with Crippen LogP contribution in [0, 0.1) is 0 Å². The van der Waals surface area contributed by atoms with E-state index in [0.717, 1.165) is 5.69 Å². The fraction of sp³-hybridized carbons (Fsp3) is 0.500. The maximum atomic E-state index is 11.1. The van der Waals surface area contributed by atoms with Gasteiger partial charge in [-0.3, -0.25) is 4.79 Å². The number of carbonyl (C=O) groups is 1. The van der Waals surface area contributed by atoms with Gasteiger partial charge in [0.2, 0.25) is 0 Å². The van der Waals surface area contributed by atoms with Crippen molar-refractivity contribution < 1.29 is 14.6 Å². The van der Waals surface area contributed by atoms with Crippen LogP contribution in [0.1, 0.15) is 30.1 Å². The molecule has 0 aliphatic carbocycles. The number of aliphatic hydroxyl groups is 1. The first kappa shape index (κ1) is 13.1. The molecule has 2 rings (SSSR count). The second kappa shape index (κ2) is 5.50. The lowest BCUT2D eigenvalue weighted by atomic mass is 9.94. The van der Waals surface area contributed by atoms with E-state index in [9.17, 15) is 9.90 Å². The van der Waals surface area contributed by atoms with Crippen molar-refractivity contribution in [1.29, 1.82) is 0 Å². The van der Waals surface area contributed by atoms with Gasteiger partial charge in [0.25, 0.3) is 0 Å². The minimum atomic E-state index is -0.683. The summed E-state index contributed by atoms with van der Waals surface area (Å²) in [6, 6.07) is 7.30. The van der Waals surface area contributed by atoms with E-state index < -0.39 is 5.60 Å². The van der Waals surface area contributed by atoms with Crippen LogP contribution in [0.15, 0.2) is 24.3 Å². The molecule has 0 saturated carbocycles. The molecule has 1 saturated heterocycles. The molecule has 0 atom stereocenters. The molecular formula is C14H19NO3. The van der Waals surface area contributed by atoms with E-state index in [-0.39, 0.29) is 5.78 Å². The maximum absolute atomic E-state index is 11.1. The number of nitrogens with one attached hydrogen (secondary N) is 1. The molecule has 1 aliphatic heterocycles. The van der Waals surface area contributed by atoms with Crippen LogP contribution in [0.25, 0.3) is 0 Å². The molecule has 4 heteroatoms. The summed E-state index contributed by atoms with van der Waals surface area (Å²) in [5.41, 5.74) is 0.933. The molecule has 1 aromatic rings. The number of benzene rings is 1. The minimum Gasteiger partial charge on any atom is -0.388 e. The molecule has 98 valence electrons. The van der Waals surface area contributed by atoms with Crippen molar-refractivity contribution in [1.82, 2.24) is 0 Å². The highest BCUT2D eigenvalue weighted by Gasteiger charge is 2.29. The first-order chi connectivity index (χ1) is 8.59. The summed E-state index contributed by atoms with van der Waals surface area (Å²) in [6.45, 7) is 3.28. The third-order valence-electron chi connectivity index (χ3n) is 3.34. The SMILES string of the molecule is CC(=O)c1ccc(NCC2(O)CCOCC2)cc1. The third kappa shape index (κ3) is 3.31. The standard InChI is InChI=1S/C14H19NO3/c1-11(16)12-2-4-13(5-3-12)15-10-14(17)6-8-18-9-7-14/h2-5,15,17H,6-10H2,1H3. The van der Waals surface area contributed by atoms with E-state index in [0.29, 0.717) is 38.2 Å². The average Bonchev–Trinajstić information content (AvgIpc) is 2.38. The number of hydrogen-bond acceptors (Lipinski definition) is 4. The van der Waals surface area contributed by atoms with Gasteiger partial charge in [0.05, 0.1) is 5.60 Å². The van der Waals surface area contributed by atoms with Gasteiger partial charge in [0.1, 0.15) is 0 Å². The molecule has 4 nitrogen and oxygen atoms in total. The van der Waals surface area contributed by atoms with Gasteiger partial charge in [-0.1, -0.05) is 0 Å². The Morgan fingerprint density at radius 1 is 1.33 bits per heavy atom. The molecule has 1 heterocycles. The number of ether oxygens (including phenoxy) is 1. The van der Waals surface area contributed by atoms with E-state index in [1.165, 1.54) is 0 Å². The molecule has 0 bridgehead atoms. The second-order valence-corrected chi connectivity index (χ2v) is 4.82. The van der Waals surface area contributed by atoms with Crippen LogP contribution >= 0.6 is 0 Å². The van der Waals surface area contributed by atoms with Crippen molar-refractivity contribution in [3.8, 4) is 0 Å². The molecule has 0 aromatic heterocycles. The number of rotatable bonds is 4. The Morgan fingerprint density at radius 2 is 1.94 bits per heavy atom. The number of anilines is 1. The molecule has 0 amide bonds. The molecule has 0 radical (unpaired) electrons. The van der Waals surface area contributed by atoms with Crippen molar-refractivity contribution in [2.24, 2.45) is 0 Å². The highest BCUT2D eigenvalue weighted by molar-refractivity contribution is 5.94. The van der Waals surface area contributed by atoms with Gasteiger partial charge in [-0.25, -0.2) is 0 Å². The number of hydrogen-bond donors (Lipinski definition) is 2. The number of carbonyl (C=O) groups excluding carboxylic acids is 1. The lowest BCUT2D eigenvalue weighted by Gasteiger charge is -2.32. The van der Waals surface area contributed by atoms with E-state index in [1.807, 2.05) is 12.1 Å². The molecule has 0 unspecified atom stereocenters. The number of Topliss-reactive ketones (excluding diaryl/α,β-unsaturated/α-hetero) is 1. The topological polar surface area (TPSA) is 58.6 Å². The zero-order valence-electron chi connectivity index (χ0n) is 10.6. The van der Waals surface area contributed by atoms with E-state index in [4.69, 9.17) is 4.74 Å². The first-order valence-electron chi connectivity index (χ1n) is 6.24. The molecule has 1 fully saturated rings. The summed E-state index contributed by atoms with van der Waals surface area (Å²) in [6.07, 6.45) is 1.32. The van der Waals surface area contributed by atoms with Gasteiger partial charge in [-0.05, 0) is 31.2 Å². The summed E-state index contributed by atoms with van der Waals surface area (Å²) in [5, 5.41) is 13.5. The smallest absolute Gasteiger partial charge is 0.159 e. The van der Waals surface area contributed by atoms with Gasteiger partial charge >= 0.3 is 0 Å². The normalized spacial score (nSPS) is 18.3. The Bertz CT molecular complexity index is 408. The zero-order valence-corrected chi connectivity index (χ0v) is 10.6. The summed E-state index contributed by atoms with van der Waals surface area (Å²) >= 11 is 0. The van der Waals surface area contributed by atoms with Crippen molar-refractivity contribution in [2.45, 2.75) is 25.4 Å². The highest BCUT2D eigenvalue weighted by atomic mass is 16.5. The number of ketones is 1. The Labute approximate surface area is 107 Å². The van der Waals surface area contributed by atoms with Crippen molar-refractivity contribution in [2.75, 3.05) is 25.1 Å². The van der Waals surface area contributed by atoms with Gasteiger partial charge in [0.15, 0.2) is 5.78 Å². The van der Waals surface area contributed by atoms with E-state index in [1.54, 1.807) is 19.1 Å². The van der Waals surface area contributed by atoms with Crippen molar-refractivity contribution in [3.63, 3.8) is 0 Å². The Balaban J connectivity index is 1.91. The van der Waals surface area contributed by atoms with Gasteiger partial charge < -0.3 is 15.2 Å². The minimum absolute atomic E-state index is 0.0598. The Hall–Kier alpha value is -1.39. The monoisotopic (exact) mass is 249 g/mol. The highest BCUT2D eigenvalue weighted by Crippen LogP contribution is 2.21. The van der Waals surface area contributed by atoms with Crippen molar-refractivity contribution in [3.05, 3.63) is 29.8 Å². The predicted octanol–water partition coefficient (Wildman–Crippen LogP) is 1.84. The maximum Gasteiger partial charge on any atom is 0.159 e. The van der Waals surface area contributed by atoms with Crippen molar-refractivity contribution >= 4 is 11.5 Å².